The Bertz CT molecular complexity index is 969. The van der Waals surface area contributed by atoms with Gasteiger partial charge in [-0.25, -0.2) is 9.78 Å². The Hall–Kier alpha value is -1.50. The molecule has 0 spiro atoms. The highest BCUT2D eigenvalue weighted by molar-refractivity contribution is 8.06. The Morgan fingerprint density at radius 2 is 2.03 bits per heavy atom. The van der Waals surface area contributed by atoms with Crippen molar-refractivity contribution in [2.24, 2.45) is 11.8 Å². The zero-order valence-electron chi connectivity index (χ0n) is 21.0. The maximum Gasteiger partial charge on any atom is 0.353 e. The van der Waals surface area contributed by atoms with Gasteiger partial charge in [0.15, 0.2) is 8.32 Å². The van der Waals surface area contributed by atoms with Crippen molar-refractivity contribution >= 4 is 49.4 Å². The number of β-lactam (4-membered cyclic amide) rings is 1. The molecule has 3 heterocycles. The van der Waals surface area contributed by atoms with Gasteiger partial charge in [0, 0.05) is 10.8 Å². The lowest BCUT2D eigenvalue weighted by Gasteiger charge is -2.49. The van der Waals surface area contributed by atoms with Crippen molar-refractivity contribution in [1.82, 2.24) is 9.88 Å². The molecule has 0 bridgehead atoms. The normalized spacial score (nSPS) is 23.2. The number of aliphatic hydroxyl groups excluding tert-OH is 1. The van der Waals surface area contributed by atoms with E-state index in [1.807, 2.05) is 25.3 Å². The number of aliphatic carboxylic acids is 1. The number of rotatable bonds is 14. The van der Waals surface area contributed by atoms with Crippen molar-refractivity contribution < 1.29 is 29.0 Å². The molecule has 1 aromatic heterocycles. The summed E-state index contributed by atoms with van der Waals surface area (Å²) in [5.41, 5.74) is 2.59. The van der Waals surface area contributed by atoms with Gasteiger partial charge in [0.2, 0.25) is 5.91 Å². The smallest absolute Gasteiger partial charge is 0.353 e. The molecule has 0 saturated carbocycles. The molecule has 2 N–H and O–H groups in total. The first-order valence-corrected chi connectivity index (χ1v) is 16.5. The van der Waals surface area contributed by atoms with Crippen molar-refractivity contribution in [3.8, 4) is 0 Å². The van der Waals surface area contributed by atoms with Crippen LogP contribution < -0.4 is 0 Å². The fraction of sp³-hybridized carbons (Fsp3) is 0.625. The van der Waals surface area contributed by atoms with E-state index in [1.54, 1.807) is 5.51 Å². The van der Waals surface area contributed by atoms with Crippen molar-refractivity contribution in [3.05, 3.63) is 32.1 Å². The van der Waals surface area contributed by atoms with Crippen LogP contribution in [0.25, 0.3) is 6.08 Å². The molecule has 0 radical (unpaired) electrons. The van der Waals surface area contributed by atoms with Gasteiger partial charge in [0.05, 0.1) is 54.0 Å². The van der Waals surface area contributed by atoms with Crippen LogP contribution in [0.1, 0.15) is 45.2 Å². The third kappa shape index (κ3) is 5.60. The van der Waals surface area contributed by atoms with Crippen LogP contribution in [0.3, 0.4) is 0 Å². The minimum absolute atomic E-state index is 0.0469. The number of ether oxygens (including phenoxy) is 1. The predicted molar refractivity (Wildman–Crippen MR) is 141 cm³/mol. The zero-order chi connectivity index (χ0) is 25.8. The topological polar surface area (TPSA) is 109 Å². The number of aliphatic hydroxyl groups is 1. The van der Waals surface area contributed by atoms with Crippen LogP contribution in [0.5, 0.6) is 0 Å². The van der Waals surface area contributed by atoms with E-state index in [9.17, 15) is 14.7 Å². The van der Waals surface area contributed by atoms with Crippen LogP contribution in [-0.2, 0) is 25.4 Å². The lowest BCUT2D eigenvalue weighted by molar-refractivity contribution is -0.162. The number of thioether (sulfide) groups is 1. The van der Waals surface area contributed by atoms with Gasteiger partial charge in [-0.3, -0.25) is 4.79 Å². The molecule has 2 aliphatic heterocycles. The standard InChI is InChI=1S/C24H36N2O6S2Si/c1-6-35(7-2,8-3)32-16(5)19-20-15(4)22(21(24(29)30)26(20)23(19)28)33-12-9-18-17(25-14-34-18)13-31-11-10-27/h9,12,14-16,19-20,27H,6-8,10-11,13H2,1-5H3,(H,29,30)/t15-,16-,19-,20-/m1/s1. The second-order valence-corrected chi connectivity index (χ2v) is 15.5. The Balaban J connectivity index is 1.75. The molecule has 0 unspecified atom stereocenters. The van der Waals surface area contributed by atoms with Gasteiger partial charge in [-0.15, -0.1) is 11.3 Å². The van der Waals surface area contributed by atoms with Crippen LogP contribution >= 0.6 is 23.1 Å². The summed E-state index contributed by atoms with van der Waals surface area (Å²) in [6, 6.07) is 2.82. The fourth-order valence-electron chi connectivity index (χ4n) is 5.06. The second kappa shape index (κ2) is 12.2. The molecular formula is C24H36N2O6S2Si. The molecule has 4 atom stereocenters. The minimum atomic E-state index is -1.89. The van der Waals surface area contributed by atoms with E-state index < -0.39 is 14.3 Å². The molecule has 35 heavy (non-hydrogen) atoms. The molecule has 11 heteroatoms. The molecule has 1 saturated heterocycles. The van der Waals surface area contributed by atoms with E-state index in [0.717, 1.165) is 28.7 Å². The van der Waals surface area contributed by atoms with E-state index in [1.165, 1.54) is 28.0 Å². The maximum absolute atomic E-state index is 13.2. The lowest BCUT2D eigenvalue weighted by atomic mass is 9.79. The monoisotopic (exact) mass is 540 g/mol. The minimum Gasteiger partial charge on any atom is -0.477 e. The number of carbonyl (C=O) groups is 2. The Morgan fingerprint density at radius 1 is 1.34 bits per heavy atom. The number of hydrogen-bond acceptors (Lipinski definition) is 8. The van der Waals surface area contributed by atoms with Gasteiger partial charge in [0.1, 0.15) is 5.70 Å². The fourth-order valence-corrected chi connectivity index (χ4v) is 9.77. The predicted octanol–water partition coefficient (Wildman–Crippen LogP) is 4.54. The van der Waals surface area contributed by atoms with Gasteiger partial charge in [-0.1, -0.05) is 39.5 Å². The number of carbonyl (C=O) groups excluding carboxylic acids is 1. The molecule has 1 fully saturated rings. The summed E-state index contributed by atoms with van der Waals surface area (Å²) in [6.07, 6.45) is 1.66. The number of fused-ring (bicyclic) bond motifs is 1. The summed E-state index contributed by atoms with van der Waals surface area (Å²) in [7, 11) is -1.89. The number of hydrogen-bond donors (Lipinski definition) is 2. The largest absolute Gasteiger partial charge is 0.477 e. The van der Waals surface area contributed by atoms with E-state index in [0.29, 0.717) is 11.5 Å². The van der Waals surface area contributed by atoms with Crippen LogP contribution in [0.15, 0.2) is 21.5 Å². The van der Waals surface area contributed by atoms with Gasteiger partial charge in [-0.05, 0) is 36.5 Å². The molecule has 3 rings (SSSR count). The van der Waals surface area contributed by atoms with Crippen LogP contribution in [-0.4, -0.2) is 65.7 Å². The highest BCUT2D eigenvalue weighted by Crippen LogP contribution is 2.51. The summed E-state index contributed by atoms with van der Waals surface area (Å²) in [5.74, 6) is -1.65. The molecule has 0 aliphatic carbocycles. The van der Waals surface area contributed by atoms with Crippen molar-refractivity contribution in [3.63, 3.8) is 0 Å². The average Bonchev–Trinajstić information content (AvgIpc) is 3.38. The lowest BCUT2D eigenvalue weighted by Crippen LogP contribution is -2.65. The summed E-state index contributed by atoms with van der Waals surface area (Å²) in [4.78, 5) is 32.7. The third-order valence-corrected chi connectivity index (χ3v) is 13.9. The SMILES string of the molecule is CC[Si](CC)(CC)O[C@H](C)[C@H]1C(=O)N2C(C(=O)O)=C(SC=Cc3scnc3COCCO)[C@H](C)[C@H]12. The first kappa shape index (κ1) is 28.1. The first-order valence-electron chi connectivity index (χ1n) is 12.2. The van der Waals surface area contributed by atoms with Gasteiger partial charge >= 0.3 is 5.97 Å². The number of aromatic nitrogens is 1. The molecule has 1 amide bonds. The van der Waals surface area contributed by atoms with E-state index >= 15 is 0 Å². The highest BCUT2D eigenvalue weighted by atomic mass is 32.2. The van der Waals surface area contributed by atoms with Gasteiger partial charge in [-0.2, -0.15) is 0 Å². The number of carboxylic acids is 1. The third-order valence-electron chi connectivity index (χ3n) is 7.23. The average molecular weight is 541 g/mol. The Kier molecular flexibility index (Phi) is 9.75. The first-order chi connectivity index (χ1) is 16.7. The second-order valence-electron chi connectivity index (χ2n) is 8.96. The van der Waals surface area contributed by atoms with Crippen LogP contribution in [0.2, 0.25) is 18.1 Å². The van der Waals surface area contributed by atoms with Gasteiger partial charge in [0.25, 0.3) is 0 Å². The zero-order valence-corrected chi connectivity index (χ0v) is 23.7. The maximum atomic E-state index is 13.2. The van der Waals surface area contributed by atoms with Crippen LogP contribution in [0, 0.1) is 11.8 Å². The summed E-state index contributed by atoms with van der Waals surface area (Å²) in [5, 5.41) is 20.7. The number of nitrogens with zero attached hydrogens (tertiary/aromatic N) is 2. The molecule has 1 aromatic rings. The summed E-state index contributed by atoms with van der Waals surface area (Å²) >= 11 is 2.81. The molecule has 2 aliphatic rings. The van der Waals surface area contributed by atoms with E-state index in [4.69, 9.17) is 14.3 Å². The Morgan fingerprint density at radius 3 is 2.63 bits per heavy atom. The molecular weight excluding hydrogens is 504 g/mol. The summed E-state index contributed by atoms with van der Waals surface area (Å²) in [6.45, 7) is 11.0. The van der Waals surface area contributed by atoms with E-state index in [-0.39, 0.29) is 48.8 Å². The Labute approximate surface area is 216 Å². The number of carboxylic acid groups (broad SMARTS) is 1. The van der Waals surface area contributed by atoms with Crippen LogP contribution in [0.4, 0.5) is 0 Å². The summed E-state index contributed by atoms with van der Waals surface area (Å²) < 4.78 is 12.0. The molecule has 8 nitrogen and oxygen atoms in total. The quantitative estimate of drug-likeness (QED) is 0.201. The molecule has 0 aromatic carbocycles. The highest BCUT2D eigenvalue weighted by Gasteiger charge is 2.60. The molecule has 194 valence electrons. The number of thiazole rings is 1. The van der Waals surface area contributed by atoms with E-state index in [2.05, 4.69) is 25.8 Å². The van der Waals surface area contributed by atoms with Crippen molar-refractivity contribution in [2.45, 2.75) is 71.5 Å². The van der Waals surface area contributed by atoms with Crippen molar-refractivity contribution in [1.29, 1.82) is 0 Å². The van der Waals surface area contributed by atoms with Crippen molar-refractivity contribution in [2.75, 3.05) is 13.2 Å². The number of amides is 1. The van der Waals surface area contributed by atoms with Gasteiger partial charge < -0.3 is 24.3 Å².